The molecule has 0 unspecified atom stereocenters. The minimum Gasteiger partial charge on any atom is -0.466 e. The van der Waals surface area contributed by atoms with Crippen molar-refractivity contribution in [2.24, 2.45) is 0 Å². The standard InChI is InChI=1S/C23H18N4O3S/c1-12-10-17(14(3)29-12)19-11-18(20-13(2)27-30-22(20)26-19)21(28)25-16-6-4-15(5-7-16)23-24-8-9-31-23/h4-11H,1-3H3,(H,25,28). The van der Waals surface area contributed by atoms with Gasteiger partial charge in [0.15, 0.2) is 0 Å². The van der Waals surface area contributed by atoms with Crippen LogP contribution in [0.2, 0.25) is 0 Å². The van der Waals surface area contributed by atoms with E-state index in [-0.39, 0.29) is 5.91 Å². The highest BCUT2D eigenvalue weighted by Gasteiger charge is 2.21. The molecular formula is C23H18N4O3S. The summed E-state index contributed by atoms with van der Waals surface area (Å²) in [4.78, 5) is 22.1. The molecule has 31 heavy (non-hydrogen) atoms. The molecule has 4 aromatic heterocycles. The number of hydrogen-bond acceptors (Lipinski definition) is 7. The van der Waals surface area contributed by atoms with Crippen LogP contribution < -0.4 is 5.32 Å². The van der Waals surface area contributed by atoms with Crippen molar-refractivity contribution in [2.75, 3.05) is 5.32 Å². The van der Waals surface area contributed by atoms with Gasteiger partial charge < -0.3 is 14.3 Å². The topological polar surface area (TPSA) is 94.1 Å². The highest BCUT2D eigenvalue weighted by atomic mass is 32.1. The number of nitrogens with zero attached hydrogens (tertiary/aromatic N) is 3. The third-order valence-corrected chi connectivity index (χ3v) is 5.82. The predicted molar refractivity (Wildman–Crippen MR) is 119 cm³/mol. The van der Waals surface area contributed by atoms with Gasteiger partial charge in [-0.3, -0.25) is 4.79 Å². The number of hydrogen-bond donors (Lipinski definition) is 1. The molecule has 0 aliphatic rings. The summed E-state index contributed by atoms with van der Waals surface area (Å²) in [6, 6.07) is 11.2. The predicted octanol–water partition coefficient (Wildman–Crippen LogP) is 5.78. The Balaban J connectivity index is 1.52. The number of amides is 1. The van der Waals surface area contributed by atoms with E-state index in [1.54, 1.807) is 30.5 Å². The van der Waals surface area contributed by atoms with Gasteiger partial charge in [-0.05, 0) is 57.2 Å². The first-order valence-electron chi connectivity index (χ1n) is 9.65. The first-order valence-corrected chi connectivity index (χ1v) is 10.5. The van der Waals surface area contributed by atoms with E-state index >= 15 is 0 Å². The van der Waals surface area contributed by atoms with Gasteiger partial charge in [-0.1, -0.05) is 5.16 Å². The zero-order valence-electron chi connectivity index (χ0n) is 17.1. The van der Waals surface area contributed by atoms with Crippen molar-refractivity contribution in [1.82, 2.24) is 15.1 Å². The van der Waals surface area contributed by atoms with E-state index in [9.17, 15) is 4.79 Å². The number of anilines is 1. The molecule has 1 N–H and O–H groups in total. The second kappa shape index (κ2) is 7.48. The van der Waals surface area contributed by atoms with Crippen LogP contribution in [0.25, 0.3) is 32.9 Å². The number of furan rings is 1. The molecule has 7 nitrogen and oxygen atoms in total. The average molecular weight is 430 g/mol. The number of fused-ring (bicyclic) bond motifs is 1. The van der Waals surface area contributed by atoms with Crippen LogP contribution in [0, 0.1) is 20.8 Å². The molecule has 4 heterocycles. The Morgan fingerprint density at radius 3 is 2.58 bits per heavy atom. The Hall–Kier alpha value is -3.78. The quantitative estimate of drug-likeness (QED) is 0.388. The lowest BCUT2D eigenvalue weighted by atomic mass is 10.1. The molecule has 0 spiro atoms. The number of aryl methyl sites for hydroxylation is 3. The van der Waals surface area contributed by atoms with Gasteiger partial charge in [-0.25, -0.2) is 9.97 Å². The maximum atomic E-state index is 13.2. The summed E-state index contributed by atoms with van der Waals surface area (Å²) in [5.41, 5.74) is 4.47. The van der Waals surface area contributed by atoms with Gasteiger partial charge >= 0.3 is 0 Å². The lowest BCUT2D eigenvalue weighted by Gasteiger charge is -2.08. The molecule has 1 aromatic carbocycles. The minimum atomic E-state index is -0.264. The Kier molecular flexibility index (Phi) is 4.63. The maximum absolute atomic E-state index is 13.2. The number of benzene rings is 1. The summed E-state index contributed by atoms with van der Waals surface area (Å²) in [7, 11) is 0. The molecule has 5 rings (SSSR count). The first-order chi connectivity index (χ1) is 15.0. The van der Waals surface area contributed by atoms with E-state index in [2.05, 4.69) is 20.4 Å². The molecule has 0 fully saturated rings. The van der Waals surface area contributed by atoms with Gasteiger partial charge in [0.25, 0.3) is 11.6 Å². The third-order valence-electron chi connectivity index (χ3n) is 5.00. The van der Waals surface area contributed by atoms with Crippen molar-refractivity contribution in [3.8, 4) is 21.8 Å². The average Bonchev–Trinajstić information content (AvgIpc) is 3.49. The third kappa shape index (κ3) is 3.51. The lowest BCUT2D eigenvalue weighted by molar-refractivity contribution is 0.102. The molecule has 0 aliphatic heterocycles. The summed E-state index contributed by atoms with van der Waals surface area (Å²) in [6.45, 7) is 5.53. The van der Waals surface area contributed by atoms with E-state index in [0.29, 0.717) is 33.7 Å². The molecule has 0 atom stereocenters. The van der Waals surface area contributed by atoms with Crippen LogP contribution >= 0.6 is 11.3 Å². The summed E-state index contributed by atoms with van der Waals surface area (Å²) >= 11 is 1.57. The van der Waals surface area contributed by atoms with Crippen molar-refractivity contribution in [3.05, 3.63) is 70.8 Å². The Morgan fingerprint density at radius 1 is 1.10 bits per heavy atom. The summed E-state index contributed by atoms with van der Waals surface area (Å²) in [5, 5.41) is 10.4. The smallest absolute Gasteiger partial charge is 0.259 e. The van der Waals surface area contributed by atoms with E-state index < -0.39 is 0 Å². The number of pyridine rings is 1. The molecule has 0 saturated carbocycles. The fourth-order valence-electron chi connectivity index (χ4n) is 3.56. The largest absolute Gasteiger partial charge is 0.466 e. The fourth-order valence-corrected chi connectivity index (χ4v) is 4.20. The minimum absolute atomic E-state index is 0.264. The molecule has 1 amide bonds. The van der Waals surface area contributed by atoms with E-state index in [1.165, 1.54) is 0 Å². The molecule has 0 saturated heterocycles. The zero-order valence-corrected chi connectivity index (χ0v) is 17.9. The fraction of sp³-hybridized carbons (Fsp3) is 0.130. The molecule has 0 bridgehead atoms. The Bertz CT molecular complexity index is 1400. The van der Waals surface area contributed by atoms with Gasteiger partial charge in [0, 0.05) is 28.4 Å². The van der Waals surface area contributed by atoms with Gasteiger partial charge in [0.1, 0.15) is 16.5 Å². The normalized spacial score (nSPS) is 11.2. The second-order valence-electron chi connectivity index (χ2n) is 7.20. The van der Waals surface area contributed by atoms with Crippen LogP contribution in [-0.2, 0) is 0 Å². The van der Waals surface area contributed by atoms with Crippen LogP contribution in [0.3, 0.4) is 0 Å². The maximum Gasteiger partial charge on any atom is 0.259 e. The van der Waals surface area contributed by atoms with Crippen LogP contribution in [0.15, 0.2) is 56.9 Å². The Labute approximate surface area is 181 Å². The van der Waals surface area contributed by atoms with E-state index in [1.807, 2.05) is 49.6 Å². The second-order valence-corrected chi connectivity index (χ2v) is 8.09. The number of carbonyl (C=O) groups is 1. The van der Waals surface area contributed by atoms with Crippen LogP contribution in [0.5, 0.6) is 0 Å². The van der Waals surface area contributed by atoms with Crippen molar-refractivity contribution in [3.63, 3.8) is 0 Å². The van der Waals surface area contributed by atoms with E-state index in [4.69, 9.17) is 8.94 Å². The molecule has 5 aromatic rings. The van der Waals surface area contributed by atoms with Gasteiger partial charge in [-0.15, -0.1) is 11.3 Å². The molecular weight excluding hydrogens is 412 g/mol. The van der Waals surface area contributed by atoms with Crippen molar-refractivity contribution >= 4 is 34.0 Å². The number of rotatable bonds is 4. The van der Waals surface area contributed by atoms with Crippen LogP contribution in [-0.4, -0.2) is 21.0 Å². The highest BCUT2D eigenvalue weighted by molar-refractivity contribution is 7.13. The lowest BCUT2D eigenvalue weighted by Crippen LogP contribution is -2.13. The van der Waals surface area contributed by atoms with Gasteiger partial charge in [0.2, 0.25) is 0 Å². The molecule has 154 valence electrons. The summed E-state index contributed by atoms with van der Waals surface area (Å²) in [5.74, 6) is 1.24. The molecule has 0 radical (unpaired) electrons. The SMILES string of the molecule is Cc1cc(-c2cc(C(=O)Nc3ccc(-c4nccs4)cc3)c3c(C)noc3n2)c(C)o1. The first kappa shape index (κ1) is 19.2. The van der Waals surface area contributed by atoms with Gasteiger partial charge in [-0.2, -0.15) is 0 Å². The van der Waals surface area contributed by atoms with E-state index in [0.717, 1.165) is 27.7 Å². The number of carbonyl (C=O) groups excluding carboxylic acids is 1. The monoisotopic (exact) mass is 430 g/mol. The van der Waals surface area contributed by atoms with Crippen LogP contribution in [0.4, 0.5) is 5.69 Å². The molecule has 0 aliphatic carbocycles. The molecule has 8 heteroatoms. The highest BCUT2D eigenvalue weighted by Crippen LogP contribution is 2.31. The number of aromatic nitrogens is 3. The van der Waals surface area contributed by atoms with Crippen molar-refractivity contribution in [2.45, 2.75) is 20.8 Å². The van der Waals surface area contributed by atoms with Crippen LogP contribution in [0.1, 0.15) is 27.6 Å². The zero-order chi connectivity index (χ0) is 21.5. The van der Waals surface area contributed by atoms with Crippen molar-refractivity contribution < 1.29 is 13.7 Å². The van der Waals surface area contributed by atoms with Crippen molar-refractivity contribution in [1.29, 1.82) is 0 Å². The number of nitrogens with one attached hydrogen (secondary N) is 1. The van der Waals surface area contributed by atoms with Gasteiger partial charge in [0.05, 0.1) is 22.3 Å². The summed E-state index contributed by atoms with van der Waals surface area (Å²) < 4.78 is 11.0. The summed E-state index contributed by atoms with van der Waals surface area (Å²) in [6.07, 6.45) is 1.77. The Morgan fingerprint density at radius 2 is 1.90 bits per heavy atom. The number of thiazole rings is 1.